The smallest absolute Gasteiger partial charge is 0.311 e. The van der Waals surface area contributed by atoms with Gasteiger partial charge in [0.15, 0.2) is 0 Å². The minimum Gasteiger partial charge on any atom is -0.481 e. The molecule has 1 unspecified atom stereocenters. The van der Waals surface area contributed by atoms with Crippen LogP contribution in [-0.4, -0.2) is 48.2 Å². The molecule has 1 aromatic carbocycles. The van der Waals surface area contributed by atoms with E-state index in [9.17, 15) is 14.7 Å². The number of carboxylic acids is 1. The summed E-state index contributed by atoms with van der Waals surface area (Å²) in [6, 6.07) is 9.76. The highest BCUT2D eigenvalue weighted by atomic mass is 16.5. The van der Waals surface area contributed by atoms with Gasteiger partial charge >= 0.3 is 5.97 Å². The molecule has 24 heavy (non-hydrogen) atoms. The molecular formula is C19H25NO4. The molecule has 0 bridgehead atoms. The molecule has 3 rings (SSSR count). The van der Waals surface area contributed by atoms with E-state index in [-0.39, 0.29) is 23.7 Å². The highest BCUT2D eigenvalue weighted by Crippen LogP contribution is 2.43. The number of benzene rings is 1. The number of carbonyl (C=O) groups excluding carboxylic acids is 1. The van der Waals surface area contributed by atoms with Crippen LogP contribution < -0.4 is 0 Å². The van der Waals surface area contributed by atoms with Gasteiger partial charge in [0, 0.05) is 25.6 Å². The first-order chi connectivity index (χ1) is 11.5. The number of likely N-dealkylation sites (tertiary alicyclic amines) is 1. The van der Waals surface area contributed by atoms with Crippen molar-refractivity contribution in [3.05, 3.63) is 35.9 Å². The maximum Gasteiger partial charge on any atom is 0.311 e. The summed E-state index contributed by atoms with van der Waals surface area (Å²) in [6.45, 7) is 5.72. The van der Waals surface area contributed by atoms with Gasteiger partial charge in [0.05, 0.1) is 17.9 Å². The first kappa shape index (κ1) is 17.0. The number of hydrogen-bond donors (Lipinski definition) is 1. The van der Waals surface area contributed by atoms with Gasteiger partial charge in [0.25, 0.3) is 0 Å². The fourth-order valence-corrected chi connectivity index (χ4v) is 4.14. The Morgan fingerprint density at radius 3 is 2.58 bits per heavy atom. The van der Waals surface area contributed by atoms with Crippen molar-refractivity contribution in [3.8, 4) is 0 Å². The van der Waals surface area contributed by atoms with Crippen LogP contribution in [-0.2, 0) is 14.3 Å². The van der Waals surface area contributed by atoms with Crippen LogP contribution in [0.2, 0.25) is 0 Å². The van der Waals surface area contributed by atoms with E-state index in [1.54, 1.807) is 4.90 Å². The third kappa shape index (κ3) is 2.81. The number of aliphatic carboxylic acids is 1. The fourth-order valence-electron chi connectivity index (χ4n) is 4.14. The summed E-state index contributed by atoms with van der Waals surface area (Å²) in [6.07, 6.45) is 0.481. The van der Waals surface area contributed by atoms with E-state index in [0.717, 1.165) is 5.56 Å². The van der Waals surface area contributed by atoms with Gasteiger partial charge in [-0.2, -0.15) is 0 Å². The van der Waals surface area contributed by atoms with Gasteiger partial charge in [0.2, 0.25) is 5.91 Å². The summed E-state index contributed by atoms with van der Waals surface area (Å²) in [7, 11) is 0. The average Bonchev–Trinajstić information content (AvgIpc) is 2.96. The van der Waals surface area contributed by atoms with Gasteiger partial charge in [-0.15, -0.1) is 0 Å². The van der Waals surface area contributed by atoms with Crippen molar-refractivity contribution in [2.24, 2.45) is 17.3 Å². The maximum atomic E-state index is 13.2. The summed E-state index contributed by atoms with van der Waals surface area (Å²) >= 11 is 0. The molecule has 1 N–H and O–H groups in total. The van der Waals surface area contributed by atoms with Crippen LogP contribution in [0.3, 0.4) is 0 Å². The zero-order valence-electron chi connectivity index (χ0n) is 14.3. The van der Waals surface area contributed by atoms with Gasteiger partial charge in [-0.1, -0.05) is 44.2 Å². The standard InChI is InChI=1S/C19H25NO4/c1-13(2)16(14-6-4-3-5-7-14)17(21)20-10-15-11-24-9-8-19(15,12-20)18(22)23/h3-7,13,15-16H,8-12H2,1-2H3,(H,22,23)/t15-,16?,19+/m0/s1. The Morgan fingerprint density at radius 2 is 2.00 bits per heavy atom. The quantitative estimate of drug-likeness (QED) is 0.920. The Hall–Kier alpha value is -1.88. The molecule has 0 radical (unpaired) electrons. The van der Waals surface area contributed by atoms with Gasteiger partial charge in [-0.05, 0) is 17.9 Å². The van der Waals surface area contributed by atoms with E-state index in [4.69, 9.17) is 4.74 Å². The molecular weight excluding hydrogens is 306 g/mol. The predicted octanol–water partition coefficient (Wildman–Crippen LogP) is 2.38. The molecule has 2 aliphatic rings. The Kier molecular flexibility index (Phi) is 4.63. The summed E-state index contributed by atoms with van der Waals surface area (Å²) in [5.74, 6) is -0.966. The third-order valence-electron chi connectivity index (χ3n) is 5.54. The molecule has 1 amide bonds. The van der Waals surface area contributed by atoms with Crippen LogP contribution in [0.1, 0.15) is 31.7 Å². The third-order valence-corrected chi connectivity index (χ3v) is 5.54. The van der Waals surface area contributed by atoms with Crippen molar-refractivity contribution in [2.75, 3.05) is 26.3 Å². The van der Waals surface area contributed by atoms with Gasteiger partial charge < -0.3 is 14.7 Å². The van der Waals surface area contributed by atoms with Crippen molar-refractivity contribution in [2.45, 2.75) is 26.2 Å². The van der Waals surface area contributed by atoms with Gasteiger partial charge in [-0.3, -0.25) is 9.59 Å². The maximum absolute atomic E-state index is 13.2. The number of rotatable bonds is 4. The summed E-state index contributed by atoms with van der Waals surface area (Å²) in [5.41, 5.74) is 0.152. The second-order valence-corrected chi connectivity index (χ2v) is 7.33. The lowest BCUT2D eigenvalue weighted by atomic mass is 9.74. The number of nitrogens with zero attached hydrogens (tertiary/aromatic N) is 1. The van der Waals surface area contributed by atoms with Crippen LogP contribution in [0.5, 0.6) is 0 Å². The number of ether oxygens (including phenoxy) is 1. The Balaban J connectivity index is 1.86. The second-order valence-electron chi connectivity index (χ2n) is 7.33. The summed E-state index contributed by atoms with van der Waals surface area (Å²) in [4.78, 5) is 26.8. The molecule has 1 aromatic rings. The second kappa shape index (κ2) is 6.55. The normalized spacial score (nSPS) is 27.8. The summed E-state index contributed by atoms with van der Waals surface area (Å²) in [5, 5.41) is 9.77. The average molecular weight is 331 g/mol. The number of hydrogen-bond acceptors (Lipinski definition) is 3. The molecule has 5 heteroatoms. The van der Waals surface area contributed by atoms with Crippen molar-refractivity contribution in [1.29, 1.82) is 0 Å². The lowest BCUT2D eigenvalue weighted by Gasteiger charge is -2.34. The minimum absolute atomic E-state index is 0.0335. The monoisotopic (exact) mass is 331 g/mol. The number of carboxylic acid groups (broad SMARTS) is 1. The zero-order valence-corrected chi connectivity index (χ0v) is 14.3. The van der Waals surface area contributed by atoms with Gasteiger partial charge in [0.1, 0.15) is 0 Å². The Bertz CT molecular complexity index is 615. The SMILES string of the molecule is CC(C)C(C(=O)N1C[C@H]2COCC[C@@]2(C(=O)O)C1)c1ccccc1. The lowest BCUT2D eigenvalue weighted by molar-refractivity contribution is -0.157. The molecule has 0 aromatic heterocycles. The zero-order chi connectivity index (χ0) is 17.3. The Morgan fingerprint density at radius 1 is 1.29 bits per heavy atom. The molecule has 130 valence electrons. The van der Waals surface area contributed by atoms with Crippen molar-refractivity contribution in [3.63, 3.8) is 0 Å². The first-order valence-electron chi connectivity index (χ1n) is 8.60. The highest BCUT2D eigenvalue weighted by Gasteiger charge is 2.55. The first-order valence-corrected chi connectivity index (χ1v) is 8.60. The number of amides is 1. The van der Waals surface area contributed by atoms with Gasteiger partial charge in [-0.25, -0.2) is 0 Å². The minimum atomic E-state index is -0.841. The van der Waals surface area contributed by atoms with Crippen molar-refractivity contribution in [1.82, 2.24) is 4.90 Å². The van der Waals surface area contributed by atoms with Crippen LogP contribution in [0.25, 0.3) is 0 Å². The number of carbonyl (C=O) groups is 2. The Labute approximate surface area is 142 Å². The van der Waals surface area contributed by atoms with E-state index in [1.165, 1.54) is 0 Å². The lowest BCUT2D eigenvalue weighted by Crippen LogP contribution is -2.45. The molecule has 2 saturated heterocycles. The molecule has 0 aliphatic carbocycles. The van der Waals surface area contributed by atoms with E-state index < -0.39 is 11.4 Å². The number of fused-ring (bicyclic) bond motifs is 1. The molecule has 2 heterocycles. The molecule has 2 fully saturated rings. The van der Waals surface area contributed by atoms with E-state index >= 15 is 0 Å². The van der Waals surface area contributed by atoms with Crippen LogP contribution in [0.4, 0.5) is 0 Å². The van der Waals surface area contributed by atoms with E-state index in [1.807, 2.05) is 44.2 Å². The van der Waals surface area contributed by atoms with E-state index in [0.29, 0.717) is 32.7 Å². The predicted molar refractivity (Wildman–Crippen MR) is 89.6 cm³/mol. The molecule has 2 aliphatic heterocycles. The van der Waals surface area contributed by atoms with Crippen molar-refractivity contribution >= 4 is 11.9 Å². The largest absolute Gasteiger partial charge is 0.481 e. The summed E-state index contributed by atoms with van der Waals surface area (Å²) < 4.78 is 5.48. The van der Waals surface area contributed by atoms with Crippen LogP contribution >= 0.6 is 0 Å². The molecule has 0 spiro atoms. The van der Waals surface area contributed by atoms with Crippen LogP contribution in [0, 0.1) is 17.3 Å². The molecule has 5 nitrogen and oxygen atoms in total. The fraction of sp³-hybridized carbons (Fsp3) is 0.579. The van der Waals surface area contributed by atoms with E-state index in [2.05, 4.69) is 0 Å². The topological polar surface area (TPSA) is 66.8 Å². The molecule has 3 atom stereocenters. The van der Waals surface area contributed by atoms with Crippen molar-refractivity contribution < 1.29 is 19.4 Å². The van der Waals surface area contributed by atoms with Crippen LogP contribution in [0.15, 0.2) is 30.3 Å². The molecule has 0 saturated carbocycles. The highest BCUT2D eigenvalue weighted by molar-refractivity contribution is 5.86.